The van der Waals surface area contributed by atoms with Crippen LogP contribution in [0.4, 0.5) is 5.95 Å². The molecule has 3 aromatic heterocycles. The predicted molar refractivity (Wildman–Crippen MR) is 175 cm³/mol. The second-order valence-electron chi connectivity index (χ2n) is 11.6. The number of pyridine rings is 1. The van der Waals surface area contributed by atoms with E-state index in [1.54, 1.807) is 13.4 Å². The van der Waals surface area contributed by atoms with Crippen LogP contribution < -0.4 is 10.1 Å². The number of allylic oxidation sites excluding steroid dienone is 1. The van der Waals surface area contributed by atoms with Gasteiger partial charge in [0.25, 0.3) is 0 Å². The highest BCUT2D eigenvalue weighted by Crippen LogP contribution is 2.29. The highest BCUT2D eigenvalue weighted by molar-refractivity contribution is 5.80. The first kappa shape index (κ1) is 32.0. The third kappa shape index (κ3) is 8.55. The van der Waals surface area contributed by atoms with E-state index in [0.29, 0.717) is 23.4 Å². The van der Waals surface area contributed by atoms with Crippen LogP contribution in [0, 0.1) is 18.8 Å². The molecule has 230 valence electrons. The van der Waals surface area contributed by atoms with Crippen LogP contribution in [-0.2, 0) is 24.0 Å². The fraction of sp³-hybridized carbons (Fsp3) is 0.486. The Morgan fingerprint density at radius 3 is 2.67 bits per heavy atom. The van der Waals surface area contributed by atoms with E-state index in [1.807, 2.05) is 12.3 Å². The normalized spacial score (nSPS) is 14.7. The average Bonchev–Trinajstić information content (AvgIpc) is 3.42. The van der Waals surface area contributed by atoms with E-state index in [4.69, 9.17) is 9.47 Å². The summed E-state index contributed by atoms with van der Waals surface area (Å²) in [5.41, 5.74) is 8.78. The van der Waals surface area contributed by atoms with E-state index in [1.165, 1.54) is 41.8 Å². The van der Waals surface area contributed by atoms with E-state index in [-0.39, 0.29) is 0 Å². The number of fused-ring (bicyclic) bond motifs is 2. The number of ether oxygens (including phenoxy) is 2. The summed E-state index contributed by atoms with van der Waals surface area (Å²) in [5, 5.41) is 3.15. The number of methoxy groups -OCH3 is 1. The van der Waals surface area contributed by atoms with Crippen molar-refractivity contribution < 1.29 is 9.47 Å². The molecule has 1 aliphatic rings. The van der Waals surface area contributed by atoms with Crippen LogP contribution in [0.3, 0.4) is 0 Å². The van der Waals surface area contributed by atoms with Crippen molar-refractivity contribution in [2.45, 2.75) is 86.5 Å². The van der Waals surface area contributed by atoms with Crippen LogP contribution in [0.25, 0.3) is 22.3 Å². The van der Waals surface area contributed by atoms with Crippen LogP contribution in [0.5, 0.6) is 5.75 Å². The number of H-pyrrole nitrogens is 1. The molecule has 1 aromatic carbocycles. The zero-order chi connectivity index (χ0) is 30.8. The monoisotopic (exact) mass is 584 g/mol. The number of anilines is 1. The molecule has 0 fully saturated rings. The van der Waals surface area contributed by atoms with Gasteiger partial charge < -0.3 is 14.5 Å². The fourth-order valence-electron chi connectivity index (χ4n) is 5.31. The molecule has 43 heavy (non-hydrogen) atoms. The van der Waals surface area contributed by atoms with Gasteiger partial charge in [-0.2, -0.15) is 4.98 Å². The number of nitrogens with zero attached hydrogens (tertiary/aromatic N) is 4. The van der Waals surface area contributed by atoms with Crippen molar-refractivity contribution in [2.24, 2.45) is 11.8 Å². The van der Waals surface area contributed by atoms with Crippen molar-refractivity contribution in [3.63, 3.8) is 0 Å². The Morgan fingerprint density at radius 2 is 1.95 bits per heavy atom. The van der Waals surface area contributed by atoms with Gasteiger partial charge in [0, 0.05) is 23.1 Å². The summed E-state index contributed by atoms with van der Waals surface area (Å²) < 4.78 is 11.3. The predicted octanol–water partition coefficient (Wildman–Crippen LogP) is 8.22. The van der Waals surface area contributed by atoms with E-state index < -0.39 is 0 Å². The maximum atomic E-state index is 6.01. The van der Waals surface area contributed by atoms with Gasteiger partial charge in [-0.05, 0) is 98.2 Å². The Kier molecular flexibility index (Phi) is 11.5. The highest BCUT2D eigenvalue weighted by Gasteiger charge is 2.19. The second-order valence-corrected chi connectivity index (χ2v) is 11.6. The van der Waals surface area contributed by atoms with Crippen LogP contribution in [0.2, 0.25) is 0 Å². The Bertz CT molecular complexity index is 1510. The average molecular weight is 585 g/mol. The molecule has 0 saturated carbocycles. The minimum atomic E-state index is 0.611. The smallest absolute Gasteiger partial charge is 0.209 e. The van der Waals surface area contributed by atoms with Crippen LogP contribution in [0.1, 0.15) is 82.8 Å². The SMILES string of the molecule is CC/C=C(/Nc1nc2ncc(-c3ccc(OCCC(C)C)c(CC)c3)cc2[nH]1)OC.CCC1CCc2c(C)ncnc2C1. The van der Waals surface area contributed by atoms with E-state index >= 15 is 0 Å². The Balaban J connectivity index is 0.000000269. The van der Waals surface area contributed by atoms with Crippen molar-refractivity contribution in [1.82, 2.24) is 24.9 Å². The molecule has 2 N–H and O–H groups in total. The molecule has 5 rings (SSSR count). The van der Waals surface area contributed by atoms with E-state index in [9.17, 15) is 0 Å². The minimum Gasteiger partial charge on any atom is -0.493 e. The first-order valence-corrected chi connectivity index (χ1v) is 15.8. The molecule has 1 aliphatic carbocycles. The zero-order valence-electron chi connectivity index (χ0n) is 27.0. The molecule has 4 aromatic rings. The second kappa shape index (κ2) is 15.5. The molecule has 3 heterocycles. The summed E-state index contributed by atoms with van der Waals surface area (Å²) in [6.07, 6.45) is 13.3. The van der Waals surface area contributed by atoms with Crippen molar-refractivity contribution in [1.29, 1.82) is 0 Å². The molecular formula is C35H48N6O2. The molecule has 0 aliphatic heterocycles. The largest absolute Gasteiger partial charge is 0.493 e. The number of benzene rings is 1. The fourth-order valence-corrected chi connectivity index (χ4v) is 5.31. The number of nitrogens with one attached hydrogen (secondary N) is 2. The van der Waals surface area contributed by atoms with Gasteiger partial charge in [0.15, 0.2) is 11.5 Å². The van der Waals surface area contributed by atoms with Gasteiger partial charge in [-0.25, -0.2) is 15.0 Å². The Hall–Kier alpha value is -3.94. The summed E-state index contributed by atoms with van der Waals surface area (Å²) >= 11 is 0. The number of aromatic amines is 1. The molecular weight excluding hydrogens is 536 g/mol. The van der Waals surface area contributed by atoms with Crippen molar-refractivity contribution in [2.75, 3.05) is 19.0 Å². The van der Waals surface area contributed by atoms with Gasteiger partial charge in [-0.3, -0.25) is 5.32 Å². The molecule has 0 amide bonds. The summed E-state index contributed by atoms with van der Waals surface area (Å²) in [6, 6.07) is 8.43. The Morgan fingerprint density at radius 1 is 1.12 bits per heavy atom. The lowest BCUT2D eigenvalue weighted by atomic mass is 9.85. The number of rotatable bonds is 11. The van der Waals surface area contributed by atoms with Crippen LogP contribution in [-0.4, -0.2) is 38.6 Å². The van der Waals surface area contributed by atoms with Gasteiger partial charge in [0.05, 0.1) is 19.2 Å². The molecule has 8 heteroatoms. The van der Waals surface area contributed by atoms with E-state index in [0.717, 1.165) is 60.6 Å². The lowest BCUT2D eigenvalue weighted by Gasteiger charge is -2.23. The topological polar surface area (TPSA) is 97.8 Å². The lowest BCUT2D eigenvalue weighted by Crippen LogP contribution is -2.16. The molecule has 0 saturated heterocycles. The maximum Gasteiger partial charge on any atom is 0.209 e. The third-order valence-corrected chi connectivity index (χ3v) is 8.03. The van der Waals surface area contributed by atoms with Gasteiger partial charge in [-0.15, -0.1) is 0 Å². The summed E-state index contributed by atoms with van der Waals surface area (Å²) in [4.78, 5) is 20.9. The van der Waals surface area contributed by atoms with Crippen LogP contribution >= 0.6 is 0 Å². The molecule has 1 unspecified atom stereocenters. The molecule has 0 bridgehead atoms. The number of hydrogen-bond acceptors (Lipinski definition) is 7. The molecule has 1 atom stereocenters. The Labute approximate surface area is 256 Å². The van der Waals surface area contributed by atoms with Gasteiger partial charge in [-0.1, -0.05) is 47.1 Å². The minimum absolute atomic E-state index is 0.611. The van der Waals surface area contributed by atoms with Crippen molar-refractivity contribution in [3.8, 4) is 16.9 Å². The highest BCUT2D eigenvalue weighted by atomic mass is 16.5. The maximum absolute atomic E-state index is 6.01. The quantitative estimate of drug-likeness (QED) is 0.171. The zero-order valence-corrected chi connectivity index (χ0v) is 27.0. The first-order chi connectivity index (χ1) is 20.8. The first-order valence-electron chi connectivity index (χ1n) is 15.8. The molecule has 0 radical (unpaired) electrons. The third-order valence-electron chi connectivity index (χ3n) is 8.03. The standard InChI is InChI=1S/C24H32N4O2.C11H16N2/c1-6-8-22(29-5)27-24-26-20-14-19(15-25-23(20)28-24)18-9-10-21(17(7-2)13-18)30-12-11-16(3)4;1-3-9-4-5-10-8(2)12-7-13-11(10)6-9/h8-10,13-16H,6-7,11-12H2,1-5H3,(H2,25,26,27,28);7,9H,3-6H2,1-2H3/b22-8-;. The number of aromatic nitrogens is 5. The van der Waals surface area contributed by atoms with Gasteiger partial charge in [0.2, 0.25) is 5.95 Å². The van der Waals surface area contributed by atoms with Gasteiger partial charge in [0.1, 0.15) is 12.1 Å². The van der Waals surface area contributed by atoms with E-state index in [2.05, 4.69) is 96.0 Å². The van der Waals surface area contributed by atoms with Crippen molar-refractivity contribution >= 4 is 17.1 Å². The number of aryl methyl sites for hydroxylation is 2. The summed E-state index contributed by atoms with van der Waals surface area (Å²) in [7, 11) is 1.63. The van der Waals surface area contributed by atoms with Crippen molar-refractivity contribution in [3.05, 3.63) is 71.3 Å². The summed E-state index contributed by atoms with van der Waals surface area (Å²) in [6.45, 7) is 13.7. The summed E-state index contributed by atoms with van der Waals surface area (Å²) in [5.74, 6) is 3.73. The van der Waals surface area contributed by atoms with Gasteiger partial charge >= 0.3 is 0 Å². The number of imidazole rings is 1. The number of hydrogen-bond donors (Lipinski definition) is 2. The molecule has 0 spiro atoms. The van der Waals surface area contributed by atoms with Crippen LogP contribution in [0.15, 0.2) is 48.7 Å². The molecule has 8 nitrogen and oxygen atoms in total. The lowest BCUT2D eigenvalue weighted by molar-refractivity contribution is 0.287.